The molecular formula is C21H22N2O3. The van der Waals surface area contributed by atoms with Crippen LogP contribution in [0.1, 0.15) is 30.4 Å². The Bertz CT molecular complexity index is 990. The van der Waals surface area contributed by atoms with Crippen molar-refractivity contribution < 1.29 is 9.53 Å². The number of amides is 1. The lowest BCUT2D eigenvalue weighted by Gasteiger charge is -2.13. The molecule has 0 spiro atoms. The number of carbonyl (C=O) groups is 1. The molecular weight excluding hydrogens is 328 g/mol. The number of H-pyrrole nitrogens is 1. The molecule has 0 aliphatic carbocycles. The van der Waals surface area contributed by atoms with E-state index in [2.05, 4.69) is 10.3 Å². The molecule has 1 heterocycles. The van der Waals surface area contributed by atoms with Crippen LogP contribution in [0.4, 0.5) is 5.69 Å². The smallest absolute Gasteiger partial charge is 0.251 e. The maximum atomic E-state index is 12.4. The maximum absolute atomic E-state index is 12.4. The van der Waals surface area contributed by atoms with Crippen molar-refractivity contribution in [2.45, 2.75) is 26.2 Å². The standard InChI is InChI=1S/C21H22N2O3/c1-13(15-5-8-18(26-3)9-6-15)11-20(24)22-17-7-4-16-10-14(2)21(25)23-19(16)12-17/h4-10,12-13H,11H2,1-3H3,(H,22,24)(H,23,25). The number of hydrogen-bond donors (Lipinski definition) is 2. The quantitative estimate of drug-likeness (QED) is 0.731. The Labute approximate surface area is 152 Å². The number of aryl methyl sites for hydroxylation is 1. The highest BCUT2D eigenvalue weighted by Crippen LogP contribution is 2.23. The van der Waals surface area contributed by atoms with Gasteiger partial charge >= 0.3 is 0 Å². The van der Waals surface area contributed by atoms with Crippen molar-refractivity contribution in [1.82, 2.24) is 4.98 Å². The van der Waals surface area contributed by atoms with Crippen molar-refractivity contribution in [3.05, 3.63) is 70.0 Å². The van der Waals surface area contributed by atoms with Gasteiger partial charge in [0.1, 0.15) is 5.75 Å². The van der Waals surface area contributed by atoms with Crippen LogP contribution in [0.25, 0.3) is 10.9 Å². The number of hydrogen-bond acceptors (Lipinski definition) is 3. The van der Waals surface area contributed by atoms with Crippen LogP contribution in [0.15, 0.2) is 53.3 Å². The van der Waals surface area contributed by atoms with Crippen LogP contribution in [-0.2, 0) is 4.79 Å². The van der Waals surface area contributed by atoms with Gasteiger partial charge in [-0.05, 0) is 54.1 Å². The van der Waals surface area contributed by atoms with Gasteiger partial charge in [0, 0.05) is 17.7 Å². The summed E-state index contributed by atoms with van der Waals surface area (Å²) in [6.07, 6.45) is 0.370. The fourth-order valence-electron chi connectivity index (χ4n) is 2.93. The molecule has 5 heteroatoms. The molecule has 2 N–H and O–H groups in total. The molecule has 1 amide bonds. The number of nitrogens with one attached hydrogen (secondary N) is 2. The van der Waals surface area contributed by atoms with E-state index in [9.17, 15) is 9.59 Å². The summed E-state index contributed by atoms with van der Waals surface area (Å²) in [5.41, 5.74) is 3.02. The lowest BCUT2D eigenvalue weighted by atomic mass is 9.97. The lowest BCUT2D eigenvalue weighted by molar-refractivity contribution is -0.116. The summed E-state index contributed by atoms with van der Waals surface area (Å²) >= 11 is 0. The number of ether oxygens (including phenoxy) is 1. The van der Waals surface area contributed by atoms with Crippen LogP contribution in [0.2, 0.25) is 0 Å². The van der Waals surface area contributed by atoms with E-state index in [0.29, 0.717) is 23.2 Å². The Morgan fingerprint density at radius 2 is 1.88 bits per heavy atom. The third-order valence-electron chi connectivity index (χ3n) is 4.49. The zero-order valence-electron chi connectivity index (χ0n) is 15.1. The number of benzene rings is 2. The van der Waals surface area contributed by atoms with Gasteiger partial charge in [-0.15, -0.1) is 0 Å². The van der Waals surface area contributed by atoms with E-state index in [1.807, 2.05) is 49.4 Å². The SMILES string of the molecule is COc1ccc(C(C)CC(=O)Nc2ccc3cc(C)c(=O)[nH]c3c2)cc1. The predicted molar refractivity (Wildman–Crippen MR) is 104 cm³/mol. The lowest BCUT2D eigenvalue weighted by Crippen LogP contribution is -2.15. The number of rotatable bonds is 5. The third kappa shape index (κ3) is 3.94. The van der Waals surface area contributed by atoms with Crippen molar-refractivity contribution in [2.75, 3.05) is 12.4 Å². The number of pyridine rings is 1. The van der Waals surface area contributed by atoms with E-state index in [4.69, 9.17) is 4.74 Å². The first-order valence-corrected chi connectivity index (χ1v) is 8.54. The van der Waals surface area contributed by atoms with Crippen LogP contribution in [-0.4, -0.2) is 18.0 Å². The molecule has 1 atom stereocenters. The normalized spacial score (nSPS) is 12.0. The van der Waals surface area contributed by atoms with E-state index in [1.165, 1.54) is 0 Å². The molecule has 5 nitrogen and oxygen atoms in total. The van der Waals surface area contributed by atoms with E-state index >= 15 is 0 Å². The van der Waals surface area contributed by atoms with Crippen LogP contribution in [0, 0.1) is 6.92 Å². The molecule has 0 saturated carbocycles. The first-order chi connectivity index (χ1) is 12.5. The monoisotopic (exact) mass is 350 g/mol. The van der Waals surface area contributed by atoms with Gasteiger partial charge in [0.25, 0.3) is 5.56 Å². The zero-order valence-corrected chi connectivity index (χ0v) is 15.1. The van der Waals surface area contributed by atoms with Crippen molar-refractivity contribution in [1.29, 1.82) is 0 Å². The highest BCUT2D eigenvalue weighted by molar-refractivity contribution is 5.93. The molecule has 1 aromatic heterocycles. The van der Waals surface area contributed by atoms with Gasteiger partial charge in [-0.1, -0.05) is 25.1 Å². The van der Waals surface area contributed by atoms with Gasteiger partial charge in [0.15, 0.2) is 0 Å². The molecule has 134 valence electrons. The summed E-state index contributed by atoms with van der Waals surface area (Å²) in [6, 6.07) is 15.1. The van der Waals surface area contributed by atoms with Gasteiger partial charge in [-0.25, -0.2) is 0 Å². The van der Waals surface area contributed by atoms with Gasteiger partial charge < -0.3 is 15.0 Å². The summed E-state index contributed by atoms with van der Waals surface area (Å²) in [7, 11) is 1.63. The number of aromatic amines is 1. The van der Waals surface area contributed by atoms with Gasteiger partial charge in [-0.3, -0.25) is 9.59 Å². The minimum Gasteiger partial charge on any atom is -0.497 e. The minimum absolute atomic E-state index is 0.0675. The molecule has 1 unspecified atom stereocenters. The number of carbonyl (C=O) groups excluding carboxylic acids is 1. The Balaban J connectivity index is 1.69. The largest absolute Gasteiger partial charge is 0.497 e. The number of fused-ring (bicyclic) bond motifs is 1. The summed E-state index contributed by atoms with van der Waals surface area (Å²) in [6.45, 7) is 3.79. The molecule has 26 heavy (non-hydrogen) atoms. The second-order valence-corrected chi connectivity index (χ2v) is 6.51. The molecule has 0 aliphatic heterocycles. The van der Waals surface area contributed by atoms with Crippen molar-refractivity contribution >= 4 is 22.5 Å². The topological polar surface area (TPSA) is 71.2 Å². The average molecular weight is 350 g/mol. The molecule has 3 aromatic rings. The Kier molecular flexibility index (Phi) is 5.07. The van der Waals surface area contributed by atoms with E-state index < -0.39 is 0 Å². The molecule has 0 fully saturated rings. The summed E-state index contributed by atoms with van der Waals surface area (Å²) < 4.78 is 5.16. The van der Waals surface area contributed by atoms with Crippen LogP contribution in [0.5, 0.6) is 5.75 Å². The second-order valence-electron chi connectivity index (χ2n) is 6.51. The molecule has 2 aromatic carbocycles. The maximum Gasteiger partial charge on any atom is 0.251 e. The van der Waals surface area contributed by atoms with Crippen LogP contribution in [0.3, 0.4) is 0 Å². The first kappa shape index (κ1) is 17.7. The number of methoxy groups -OCH3 is 1. The third-order valence-corrected chi connectivity index (χ3v) is 4.49. The van der Waals surface area contributed by atoms with E-state index in [1.54, 1.807) is 20.1 Å². The Hall–Kier alpha value is -3.08. The molecule has 0 saturated heterocycles. The summed E-state index contributed by atoms with van der Waals surface area (Å²) in [5.74, 6) is 0.816. The summed E-state index contributed by atoms with van der Waals surface area (Å²) in [5, 5.41) is 3.84. The highest BCUT2D eigenvalue weighted by Gasteiger charge is 2.12. The Morgan fingerprint density at radius 3 is 2.58 bits per heavy atom. The van der Waals surface area contributed by atoms with E-state index in [-0.39, 0.29) is 17.4 Å². The minimum atomic E-state index is -0.117. The number of anilines is 1. The van der Waals surface area contributed by atoms with Crippen molar-refractivity contribution in [2.24, 2.45) is 0 Å². The molecule has 0 aliphatic rings. The molecule has 0 bridgehead atoms. The second kappa shape index (κ2) is 7.44. The molecule has 0 radical (unpaired) electrons. The summed E-state index contributed by atoms with van der Waals surface area (Å²) in [4.78, 5) is 27.0. The fraction of sp³-hybridized carbons (Fsp3) is 0.238. The van der Waals surface area contributed by atoms with Crippen LogP contribution >= 0.6 is 0 Å². The average Bonchev–Trinajstić information content (AvgIpc) is 2.63. The van der Waals surface area contributed by atoms with Gasteiger partial charge in [-0.2, -0.15) is 0 Å². The molecule has 3 rings (SSSR count). The number of aromatic nitrogens is 1. The first-order valence-electron chi connectivity index (χ1n) is 8.54. The van der Waals surface area contributed by atoms with Crippen LogP contribution < -0.4 is 15.6 Å². The van der Waals surface area contributed by atoms with Crippen molar-refractivity contribution in [3.8, 4) is 5.75 Å². The van der Waals surface area contributed by atoms with Crippen molar-refractivity contribution in [3.63, 3.8) is 0 Å². The predicted octanol–water partition coefficient (Wildman–Crippen LogP) is 3.98. The Morgan fingerprint density at radius 1 is 1.15 bits per heavy atom. The van der Waals surface area contributed by atoms with Gasteiger partial charge in [0.05, 0.1) is 12.6 Å². The van der Waals surface area contributed by atoms with Gasteiger partial charge in [0.2, 0.25) is 5.91 Å². The zero-order chi connectivity index (χ0) is 18.7. The van der Waals surface area contributed by atoms with E-state index in [0.717, 1.165) is 16.7 Å². The fourth-order valence-corrected chi connectivity index (χ4v) is 2.93. The highest BCUT2D eigenvalue weighted by atomic mass is 16.5.